The van der Waals surface area contributed by atoms with Gasteiger partial charge in [0.25, 0.3) is 0 Å². The molecule has 0 aromatic heterocycles. The summed E-state index contributed by atoms with van der Waals surface area (Å²) in [5, 5.41) is 0. The SMILES string of the molecule is COc1ccc([CH2][Sn])c(OC)c1. The van der Waals surface area contributed by atoms with Gasteiger partial charge in [-0.2, -0.15) is 0 Å². The average Bonchev–Trinajstić information content (AvgIpc) is 2.16. The van der Waals surface area contributed by atoms with Crippen LogP contribution in [0.1, 0.15) is 5.56 Å². The van der Waals surface area contributed by atoms with Gasteiger partial charge in [-0.1, -0.05) is 0 Å². The van der Waals surface area contributed by atoms with Crippen LogP contribution in [0, 0.1) is 0 Å². The Morgan fingerprint density at radius 1 is 1.25 bits per heavy atom. The molecule has 1 aromatic carbocycles. The summed E-state index contributed by atoms with van der Waals surface area (Å²) in [7, 11) is 3.34. The molecule has 0 amide bonds. The van der Waals surface area contributed by atoms with E-state index in [1.54, 1.807) is 14.2 Å². The van der Waals surface area contributed by atoms with Crippen molar-refractivity contribution in [3.05, 3.63) is 23.8 Å². The third-order valence-corrected chi connectivity index (χ3v) is 2.77. The molecule has 0 saturated carbocycles. The summed E-state index contributed by atoms with van der Waals surface area (Å²) in [6, 6.07) is 5.92. The van der Waals surface area contributed by atoms with Crippen molar-refractivity contribution in [2.75, 3.05) is 14.2 Å². The predicted molar refractivity (Wildman–Crippen MR) is 49.0 cm³/mol. The summed E-state index contributed by atoms with van der Waals surface area (Å²) in [6.07, 6.45) is 0. The molecular weight excluding hydrogens is 259 g/mol. The summed E-state index contributed by atoms with van der Waals surface area (Å²) in [5.41, 5.74) is 1.25. The molecule has 0 atom stereocenters. The van der Waals surface area contributed by atoms with Gasteiger partial charge in [-0.15, -0.1) is 0 Å². The van der Waals surface area contributed by atoms with Crippen LogP contribution in [0.2, 0.25) is 0 Å². The van der Waals surface area contributed by atoms with Crippen molar-refractivity contribution in [1.29, 1.82) is 0 Å². The Morgan fingerprint density at radius 2 is 2.00 bits per heavy atom. The van der Waals surface area contributed by atoms with Crippen LogP contribution < -0.4 is 9.47 Å². The van der Waals surface area contributed by atoms with Crippen molar-refractivity contribution in [2.24, 2.45) is 0 Å². The first-order valence-corrected chi connectivity index (χ1v) is 5.69. The fourth-order valence-corrected chi connectivity index (χ4v) is 1.83. The van der Waals surface area contributed by atoms with Crippen molar-refractivity contribution >= 4 is 22.5 Å². The molecule has 12 heavy (non-hydrogen) atoms. The van der Waals surface area contributed by atoms with E-state index in [4.69, 9.17) is 9.47 Å². The van der Waals surface area contributed by atoms with Crippen molar-refractivity contribution in [3.63, 3.8) is 0 Å². The Labute approximate surface area is 86.0 Å². The van der Waals surface area contributed by atoms with Crippen LogP contribution in [0.4, 0.5) is 0 Å². The molecule has 0 bridgehead atoms. The summed E-state index contributed by atoms with van der Waals surface area (Å²) in [6.45, 7) is 0. The zero-order chi connectivity index (χ0) is 8.97. The van der Waals surface area contributed by atoms with Crippen molar-refractivity contribution < 1.29 is 9.47 Å². The summed E-state index contributed by atoms with van der Waals surface area (Å²) in [4.78, 5) is 0. The fourth-order valence-electron chi connectivity index (χ4n) is 0.998. The van der Waals surface area contributed by atoms with Gasteiger partial charge in [0.15, 0.2) is 0 Å². The second-order valence-corrected chi connectivity index (χ2v) is 3.36. The van der Waals surface area contributed by atoms with Gasteiger partial charge < -0.3 is 0 Å². The van der Waals surface area contributed by atoms with Crippen LogP contribution in [0.5, 0.6) is 11.5 Å². The second kappa shape index (κ2) is 4.60. The minimum absolute atomic E-state index is 0.847. The van der Waals surface area contributed by atoms with Crippen molar-refractivity contribution in [3.8, 4) is 11.5 Å². The topological polar surface area (TPSA) is 18.5 Å². The first-order chi connectivity index (χ1) is 5.81. The molecule has 63 valence electrons. The van der Waals surface area contributed by atoms with Gasteiger partial charge in [0.05, 0.1) is 0 Å². The van der Waals surface area contributed by atoms with Crippen LogP contribution in [-0.2, 0) is 4.44 Å². The number of rotatable bonds is 3. The molecule has 0 aliphatic rings. The van der Waals surface area contributed by atoms with Crippen molar-refractivity contribution in [1.82, 2.24) is 0 Å². The van der Waals surface area contributed by atoms with E-state index in [9.17, 15) is 0 Å². The molecule has 0 spiro atoms. The first-order valence-electron chi connectivity index (χ1n) is 3.67. The zero-order valence-electron chi connectivity index (χ0n) is 7.26. The summed E-state index contributed by atoms with van der Waals surface area (Å²) in [5.74, 6) is 1.77. The maximum atomic E-state index is 5.21. The molecule has 3 radical (unpaired) electrons. The van der Waals surface area contributed by atoms with E-state index in [-0.39, 0.29) is 0 Å². The number of hydrogen-bond acceptors (Lipinski definition) is 2. The fraction of sp³-hybridized carbons (Fsp3) is 0.333. The summed E-state index contributed by atoms with van der Waals surface area (Å²) >= 11 is 1.49. The van der Waals surface area contributed by atoms with Crippen LogP contribution in [0.25, 0.3) is 0 Å². The number of hydrogen-bond donors (Lipinski definition) is 0. The Morgan fingerprint density at radius 3 is 2.50 bits per heavy atom. The van der Waals surface area contributed by atoms with E-state index < -0.39 is 0 Å². The molecule has 1 rings (SSSR count). The van der Waals surface area contributed by atoms with Gasteiger partial charge in [0, 0.05) is 0 Å². The molecular formula is C9H11O2Sn. The van der Waals surface area contributed by atoms with Gasteiger partial charge in [0.2, 0.25) is 0 Å². The van der Waals surface area contributed by atoms with Crippen LogP contribution >= 0.6 is 0 Å². The monoisotopic (exact) mass is 271 g/mol. The Bertz CT molecular complexity index is 261. The molecule has 3 heteroatoms. The molecule has 1 aromatic rings. The standard InChI is InChI=1S/C9H11O2.Sn/c1-7-4-5-8(10-2)6-9(7)11-3;/h4-6H,1H2,2-3H3;. The number of benzene rings is 1. The van der Waals surface area contributed by atoms with E-state index in [0.29, 0.717) is 0 Å². The normalized spacial score (nSPS) is 9.58. The van der Waals surface area contributed by atoms with E-state index >= 15 is 0 Å². The Balaban J connectivity index is 3.02. The molecule has 0 fully saturated rings. The van der Waals surface area contributed by atoms with Crippen molar-refractivity contribution in [2.45, 2.75) is 4.44 Å². The van der Waals surface area contributed by atoms with Crippen LogP contribution in [0.3, 0.4) is 0 Å². The number of ether oxygens (including phenoxy) is 2. The van der Waals surface area contributed by atoms with Gasteiger partial charge in [-0.25, -0.2) is 0 Å². The van der Waals surface area contributed by atoms with Gasteiger partial charge in [-0.3, -0.25) is 0 Å². The van der Waals surface area contributed by atoms with Crippen LogP contribution in [-0.4, -0.2) is 36.7 Å². The Kier molecular flexibility index (Phi) is 3.72. The second-order valence-electron chi connectivity index (χ2n) is 2.35. The first kappa shape index (κ1) is 9.70. The molecule has 2 nitrogen and oxygen atoms in total. The maximum absolute atomic E-state index is 5.21. The Hall–Kier alpha value is -0.381. The minimum atomic E-state index is 0.847. The average molecular weight is 270 g/mol. The van der Waals surface area contributed by atoms with Crippen LogP contribution in [0.15, 0.2) is 18.2 Å². The molecule has 0 aliphatic carbocycles. The molecule has 0 heterocycles. The quantitative estimate of drug-likeness (QED) is 0.772. The molecule has 0 aliphatic heterocycles. The third kappa shape index (κ3) is 2.06. The summed E-state index contributed by atoms with van der Waals surface area (Å²) < 4.78 is 11.4. The predicted octanol–water partition coefficient (Wildman–Crippen LogP) is 1.37. The number of methoxy groups -OCH3 is 2. The van der Waals surface area contributed by atoms with Gasteiger partial charge in [-0.05, 0) is 0 Å². The van der Waals surface area contributed by atoms with Gasteiger partial charge in [0.1, 0.15) is 0 Å². The zero-order valence-corrected chi connectivity index (χ0v) is 10.1. The molecule has 0 saturated heterocycles. The van der Waals surface area contributed by atoms with E-state index in [1.807, 2.05) is 18.2 Å². The molecule has 0 unspecified atom stereocenters. The van der Waals surface area contributed by atoms with E-state index in [0.717, 1.165) is 15.9 Å². The third-order valence-electron chi connectivity index (χ3n) is 1.68. The molecule has 0 N–H and O–H groups in total. The van der Waals surface area contributed by atoms with E-state index in [2.05, 4.69) is 0 Å². The van der Waals surface area contributed by atoms with Gasteiger partial charge >= 0.3 is 85.9 Å². The van der Waals surface area contributed by atoms with E-state index in [1.165, 1.54) is 28.1 Å².